The van der Waals surface area contributed by atoms with Crippen molar-refractivity contribution in [1.29, 1.82) is 0 Å². The highest BCUT2D eigenvalue weighted by molar-refractivity contribution is 5.97. The van der Waals surface area contributed by atoms with Crippen LogP contribution in [0, 0.1) is 5.92 Å². The van der Waals surface area contributed by atoms with E-state index in [0.717, 1.165) is 12.8 Å². The summed E-state index contributed by atoms with van der Waals surface area (Å²) in [5.74, 6) is 0.337. The number of carbonyl (C=O) groups excluding carboxylic acids is 1. The Balaban J connectivity index is 1.90. The lowest BCUT2D eigenvalue weighted by Gasteiger charge is -2.16. The Hall–Kier alpha value is -2.25. The van der Waals surface area contributed by atoms with Crippen molar-refractivity contribution in [2.24, 2.45) is 5.92 Å². The van der Waals surface area contributed by atoms with Crippen molar-refractivity contribution in [3.05, 3.63) is 34.2 Å². The zero-order valence-corrected chi connectivity index (χ0v) is 12.5. The van der Waals surface area contributed by atoms with E-state index in [-0.39, 0.29) is 16.9 Å². The molecule has 1 aliphatic carbocycles. The van der Waals surface area contributed by atoms with Gasteiger partial charge in [-0.15, -0.1) is 0 Å². The molecule has 124 valence electrons. The van der Waals surface area contributed by atoms with Crippen molar-refractivity contribution in [3.8, 4) is 0 Å². The Morgan fingerprint density at radius 3 is 2.70 bits per heavy atom. The molecular formula is C15H16F3N3O2. The molecule has 2 aromatic rings. The van der Waals surface area contributed by atoms with Crippen molar-refractivity contribution in [2.75, 3.05) is 13.6 Å². The second-order valence-electron chi connectivity index (χ2n) is 5.99. The predicted octanol–water partition coefficient (Wildman–Crippen LogP) is 2.37. The van der Waals surface area contributed by atoms with Crippen molar-refractivity contribution in [2.45, 2.75) is 25.6 Å². The molecule has 1 heterocycles. The fourth-order valence-electron chi connectivity index (χ4n) is 2.62. The summed E-state index contributed by atoms with van der Waals surface area (Å²) < 4.78 is 38.2. The lowest BCUT2D eigenvalue weighted by Crippen LogP contribution is -2.28. The topological polar surface area (TPSA) is 58.1 Å². The third kappa shape index (κ3) is 3.40. The SMILES string of the molecule is CN(CC1CC1)C(=O)c1ccc2c(c1)[nH]c(=O)n2CC(F)(F)F. The average molecular weight is 327 g/mol. The fourth-order valence-corrected chi connectivity index (χ4v) is 2.62. The Morgan fingerprint density at radius 1 is 1.39 bits per heavy atom. The van der Waals surface area contributed by atoms with E-state index in [2.05, 4.69) is 4.98 Å². The van der Waals surface area contributed by atoms with Gasteiger partial charge in [0.2, 0.25) is 0 Å². The average Bonchev–Trinajstić information content (AvgIpc) is 3.21. The second-order valence-corrected chi connectivity index (χ2v) is 5.99. The number of H-pyrrole nitrogens is 1. The number of fused-ring (bicyclic) bond motifs is 1. The Bertz CT molecular complexity index is 802. The van der Waals surface area contributed by atoms with Crippen LogP contribution in [0.1, 0.15) is 23.2 Å². The van der Waals surface area contributed by atoms with Gasteiger partial charge in [-0.3, -0.25) is 9.36 Å². The second kappa shape index (κ2) is 5.43. The number of imidazole rings is 1. The van der Waals surface area contributed by atoms with Crippen LogP contribution in [0.3, 0.4) is 0 Å². The highest BCUT2D eigenvalue weighted by Gasteiger charge is 2.30. The summed E-state index contributed by atoms with van der Waals surface area (Å²) in [7, 11) is 1.70. The standard InChI is InChI=1S/C15H16F3N3O2/c1-20(7-9-2-3-9)13(22)10-4-5-12-11(6-10)19-14(23)21(12)8-15(16,17)18/h4-6,9H,2-3,7-8H2,1H3,(H,19,23). The number of aromatic amines is 1. The van der Waals surface area contributed by atoms with Gasteiger partial charge in [0.15, 0.2) is 0 Å². The minimum atomic E-state index is -4.49. The van der Waals surface area contributed by atoms with Crippen molar-refractivity contribution < 1.29 is 18.0 Å². The van der Waals surface area contributed by atoms with Crippen LogP contribution in [0.5, 0.6) is 0 Å². The first-order valence-electron chi connectivity index (χ1n) is 7.29. The van der Waals surface area contributed by atoms with Crippen LogP contribution in [-0.2, 0) is 6.54 Å². The van der Waals surface area contributed by atoms with E-state index in [0.29, 0.717) is 22.6 Å². The molecule has 1 aliphatic rings. The number of nitrogens with one attached hydrogen (secondary N) is 1. The lowest BCUT2D eigenvalue weighted by atomic mass is 10.1. The third-order valence-corrected chi connectivity index (χ3v) is 3.93. The maximum atomic E-state index is 12.5. The summed E-state index contributed by atoms with van der Waals surface area (Å²) in [6, 6.07) is 4.25. The van der Waals surface area contributed by atoms with E-state index in [9.17, 15) is 22.8 Å². The molecule has 0 saturated heterocycles. The molecule has 0 radical (unpaired) electrons. The first kappa shape index (κ1) is 15.6. The first-order chi connectivity index (χ1) is 10.7. The molecule has 0 aliphatic heterocycles. The number of amides is 1. The molecule has 1 amide bonds. The number of aromatic nitrogens is 2. The van der Waals surface area contributed by atoms with Gasteiger partial charge in [-0.05, 0) is 37.0 Å². The van der Waals surface area contributed by atoms with Crippen LogP contribution in [0.25, 0.3) is 11.0 Å². The summed E-state index contributed by atoms with van der Waals surface area (Å²) >= 11 is 0. The predicted molar refractivity (Wildman–Crippen MR) is 78.3 cm³/mol. The van der Waals surface area contributed by atoms with Gasteiger partial charge in [-0.25, -0.2) is 4.79 Å². The molecule has 3 rings (SSSR count). The van der Waals surface area contributed by atoms with Crippen LogP contribution >= 0.6 is 0 Å². The zero-order valence-electron chi connectivity index (χ0n) is 12.5. The van der Waals surface area contributed by atoms with Crippen LogP contribution in [0.15, 0.2) is 23.0 Å². The summed E-state index contributed by atoms with van der Waals surface area (Å²) in [5.41, 5.74) is -0.132. The number of rotatable bonds is 4. The minimum absolute atomic E-state index is 0.133. The molecule has 1 saturated carbocycles. The summed E-state index contributed by atoms with van der Waals surface area (Å²) in [6.07, 6.45) is -2.26. The molecule has 0 unspecified atom stereocenters. The van der Waals surface area contributed by atoms with Crippen LogP contribution in [0.2, 0.25) is 0 Å². The van der Waals surface area contributed by atoms with Crippen LogP contribution in [-0.4, -0.2) is 40.1 Å². The van der Waals surface area contributed by atoms with Gasteiger partial charge in [0.05, 0.1) is 11.0 Å². The van der Waals surface area contributed by atoms with Crippen molar-refractivity contribution >= 4 is 16.9 Å². The highest BCUT2D eigenvalue weighted by Crippen LogP contribution is 2.29. The molecule has 1 aromatic carbocycles. The monoisotopic (exact) mass is 327 g/mol. The van der Waals surface area contributed by atoms with Crippen molar-refractivity contribution in [3.63, 3.8) is 0 Å². The fraction of sp³-hybridized carbons (Fsp3) is 0.467. The molecule has 1 fully saturated rings. The molecule has 0 spiro atoms. The van der Waals surface area contributed by atoms with E-state index in [4.69, 9.17) is 0 Å². The van der Waals surface area contributed by atoms with E-state index < -0.39 is 18.4 Å². The molecule has 23 heavy (non-hydrogen) atoms. The minimum Gasteiger partial charge on any atom is -0.341 e. The maximum Gasteiger partial charge on any atom is 0.406 e. The normalized spacial score (nSPS) is 15.1. The molecule has 0 bridgehead atoms. The first-order valence-corrected chi connectivity index (χ1v) is 7.29. The van der Waals surface area contributed by atoms with E-state index in [1.54, 1.807) is 11.9 Å². The van der Waals surface area contributed by atoms with Gasteiger partial charge < -0.3 is 9.88 Å². The van der Waals surface area contributed by atoms with Gasteiger partial charge in [0.25, 0.3) is 5.91 Å². The third-order valence-electron chi connectivity index (χ3n) is 3.93. The van der Waals surface area contributed by atoms with Crippen LogP contribution in [0.4, 0.5) is 13.2 Å². The van der Waals surface area contributed by atoms with Gasteiger partial charge in [0, 0.05) is 19.2 Å². The maximum absolute atomic E-state index is 12.5. The molecule has 8 heteroatoms. The van der Waals surface area contributed by atoms with Gasteiger partial charge in [-0.1, -0.05) is 0 Å². The number of hydrogen-bond donors (Lipinski definition) is 1. The Kier molecular flexibility index (Phi) is 3.69. The molecule has 0 atom stereocenters. The molecular weight excluding hydrogens is 311 g/mol. The molecule has 1 N–H and O–H groups in total. The van der Waals surface area contributed by atoms with Gasteiger partial charge >= 0.3 is 11.9 Å². The van der Waals surface area contributed by atoms with E-state index >= 15 is 0 Å². The largest absolute Gasteiger partial charge is 0.406 e. The zero-order chi connectivity index (χ0) is 16.8. The number of halogens is 3. The van der Waals surface area contributed by atoms with Crippen molar-refractivity contribution in [1.82, 2.24) is 14.5 Å². The number of benzene rings is 1. The Morgan fingerprint density at radius 2 is 2.09 bits per heavy atom. The van der Waals surface area contributed by atoms with E-state index in [1.165, 1.54) is 18.2 Å². The van der Waals surface area contributed by atoms with E-state index in [1.807, 2.05) is 0 Å². The quantitative estimate of drug-likeness (QED) is 0.937. The highest BCUT2D eigenvalue weighted by atomic mass is 19.4. The summed E-state index contributed by atoms with van der Waals surface area (Å²) in [5, 5.41) is 0. The number of alkyl halides is 3. The van der Waals surface area contributed by atoms with Crippen LogP contribution < -0.4 is 5.69 Å². The molecule has 1 aromatic heterocycles. The van der Waals surface area contributed by atoms with Gasteiger partial charge in [0.1, 0.15) is 6.54 Å². The number of nitrogens with zero attached hydrogens (tertiary/aromatic N) is 2. The number of carbonyl (C=O) groups is 1. The summed E-state index contributed by atoms with van der Waals surface area (Å²) in [4.78, 5) is 28.0. The smallest absolute Gasteiger partial charge is 0.341 e. The Labute approximate surface area is 129 Å². The number of hydrogen-bond acceptors (Lipinski definition) is 2. The molecule has 5 nitrogen and oxygen atoms in total. The summed E-state index contributed by atoms with van der Waals surface area (Å²) in [6.45, 7) is -0.691. The lowest BCUT2D eigenvalue weighted by molar-refractivity contribution is -0.140. The van der Waals surface area contributed by atoms with Gasteiger partial charge in [-0.2, -0.15) is 13.2 Å².